The Morgan fingerprint density at radius 2 is 2.35 bits per heavy atom. The number of nitrogens with zero attached hydrogens (tertiary/aromatic N) is 3. The minimum Gasteiger partial charge on any atom is -0.423 e. The van der Waals surface area contributed by atoms with Crippen LogP contribution in [0.25, 0.3) is 11.1 Å². The molecule has 0 radical (unpaired) electrons. The molecule has 2 atom stereocenters. The van der Waals surface area contributed by atoms with E-state index in [1.807, 2.05) is 4.90 Å². The smallest absolute Gasteiger partial charge is 0.298 e. The van der Waals surface area contributed by atoms with Gasteiger partial charge in [0.2, 0.25) is 0 Å². The van der Waals surface area contributed by atoms with Gasteiger partial charge in [0.1, 0.15) is 5.52 Å². The van der Waals surface area contributed by atoms with Crippen molar-refractivity contribution >= 4 is 22.8 Å². The lowest BCUT2D eigenvalue weighted by atomic mass is 9.95. The number of nitro benzene ring substituents is 1. The number of rotatable bonds is 2. The summed E-state index contributed by atoms with van der Waals surface area (Å²) in [4.78, 5) is 16.6. The second-order valence-electron chi connectivity index (χ2n) is 5.28. The molecule has 2 heterocycles. The van der Waals surface area contributed by atoms with Gasteiger partial charge in [0.25, 0.3) is 11.7 Å². The molecule has 3 rings (SSSR count). The highest BCUT2D eigenvalue weighted by Gasteiger charge is 2.26. The predicted octanol–water partition coefficient (Wildman–Crippen LogP) is 1.91. The van der Waals surface area contributed by atoms with E-state index in [9.17, 15) is 10.1 Å². The first-order chi connectivity index (χ1) is 9.54. The Bertz CT molecular complexity index is 654. The van der Waals surface area contributed by atoms with Gasteiger partial charge >= 0.3 is 0 Å². The number of anilines is 1. The SMILES string of the molecule is CC1CCN(c2nc3cc([N+](=O)[O-])ccc3o2)CC1N. The summed E-state index contributed by atoms with van der Waals surface area (Å²) in [6.07, 6.45) is 0.986. The van der Waals surface area contributed by atoms with Gasteiger partial charge in [0, 0.05) is 31.3 Å². The molecule has 1 aliphatic rings. The number of oxazole rings is 1. The number of nitro groups is 1. The van der Waals surface area contributed by atoms with Gasteiger partial charge in [-0.25, -0.2) is 0 Å². The summed E-state index contributed by atoms with van der Waals surface area (Å²) in [5.41, 5.74) is 7.13. The first-order valence-electron chi connectivity index (χ1n) is 6.60. The number of fused-ring (bicyclic) bond motifs is 1. The largest absolute Gasteiger partial charge is 0.423 e. The quantitative estimate of drug-likeness (QED) is 0.664. The van der Waals surface area contributed by atoms with Gasteiger partial charge in [-0.3, -0.25) is 10.1 Å². The highest BCUT2D eigenvalue weighted by Crippen LogP contribution is 2.27. The van der Waals surface area contributed by atoms with E-state index in [0.29, 0.717) is 29.6 Å². The zero-order valence-corrected chi connectivity index (χ0v) is 11.2. The number of non-ortho nitro benzene ring substituents is 1. The Kier molecular flexibility index (Phi) is 3.06. The molecular formula is C13H16N4O3. The Morgan fingerprint density at radius 1 is 1.55 bits per heavy atom. The maximum absolute atomic E-state index is 10.8. The molecule has 2 N–H and O–H groups in total. The first kappa shape index (κ1) is 12.9. The van der Waals surface area contributed by atoms with Crippen molar-refractivity contribution in [1.29, 1.82) is 0 Å². The van der Waals surface area contributed by atoms with Crippen LogP contribution < -0.4 is 10.6 Å². The molecule has 0 amide bonds. The molecule has 7 nitrogen and oxygen atoms in total. The van der Waals surface area contributed by atoms with Crippen LogP contribution in [-0.4, -0.2) is 29.0 Å². The molecule has 2 aromatic rings. The highest BCUT2D eigenvalue weighted by atomic mass is 16.6. The first-order valence-corrected chi connectivity index (χ1v) is 6.60. The van der Waals surface area contributed by atoms with Crippen molar-refractivity contribution in [1.82, 2.24) is 4.98 Å². The van der Waals surface area contributed by atoms with E-state index < -0.39 is 4.92 Å². The van der Waals surface area contributed by atoms with Crippen LogP contribution in [0.2, 0.25) is 0 Å². The number of nitrogens with two attached hydrogens (primary N) is 1. The summed E-state index contributed by atoms with van der Waals surface area (Å²) >= 11 is 0. The van der Waals surface area contributed by atoms with Crippen molar-refractivity contribution in [2.45, 2.75) is 19.4 Å². The van der Waals surface area contributed by atoms with Gasteiger partial charge in [-0.2, -0.15) is 4.98 Å². The Labute approximate surface area is 115 Å². The third-order valence-corrected chi connectivity index (χ3v) is 3.86. The fourth-order valence-electron chi connectivity index (χ4n) is 2.43. The predicted molar refractivity (Wildman–Crippen MR) is 74.6 cm³/mol. The molecule has 2 unspecified atom stereocenters. The maximum Gasteiger partial charge on any atom is 0.298 e. The standard InChI is InChI=1S/C13H16N4O3/c1-8-4-5-16(7-10(8)14)13-15-11-6-9(17(18)19)2-3-12(11)20-13/h2-3,6,8,10H,4-5,7,14H2,1H3. The van der Waals surface area contributed by atoms with Crippen molar-refractivity contribution in [2.24, 2.45) is 11.7 Å². The van der Waals surface area contributed by atoms with Gasteiger partial charge in [-0.05, 0) is 18.4 Å². The molecule has 0 spiro atoms. The normalized spacial score (nSPS) is 23.2. The Balaban J connectivity index is 1.91. The lowest BCUT2D eigenvalue weighted by Crippen LogP contribution is -2.47. The maximum atomic E-state index is 10.8. The van der Waals surface area contributed by atoms with E-state index in [2.05, 4.69) is 11.9 Å². The van der Waals surface area contributed by atoms with E-state index in [4.69, 9.17) is 10.2 Å². The van der Waals surface area contributed by atoms with Crippen molar-refractivity contribution in [3.63, 3.8) is 0 Å². The molecular weight excluding hydrogens is 260 g/mol. The van der Waals surface area contributed by atoms with E-state index in [-0.39, 0.29) is 11.7 Å². The summed E-state index contributed by atoms with van der Waals surface area (Å²) in [6, 6.07) is 5.00. The lowest BCUT2D eigenvalue weighted by molar-refractivity contribution is -0.384. The van der Waals surface area contributed by atoms with Gasteiger partial charge in [-0.15, -0.1) is 0 Å². The van der Waals surface area contributed by atoms with Gasteiger partial charge in [0.05, 0.1) is 4.92 Å². The van der Waals surface area contributed by atoms with Crippen molar-refractivity contribution in [3.8, 4) is 0 Å². The van der Waals surface area contributed by atoms with Crippen LogP contribution in [0.4, 0.5) is 11.7 Å². The van der Waals surface area contributed by atoms with E-state index in [1.54, 1.807) is 6.07 Å². The van der Waals surface area contributed by atoms with E-state index >= 15 is 0 Å². The summed E-state index contributed by atoms with van der Waals surface area (Å²) in [5, 5.41) is 10.8. The molecule has 1 aromatic heterocycles. The topological polar surface area (TPSA) is 98.4 Å². The monoisotopic (exact) mass is 276 g/mol. The zero-order valence-electron chi connectivity index (χ0n) is 11.2. The summed E-state index contributed by atoms with van der Waals surface area (Å²) < 4.78 is 5.66. The third-order valence-electron chi connectivity index (χ3n) is 3.86. The minimum absolute atomic E-state index is 0.0151. The number of aromatic nitrogens is 1. The van der Waals surface area contributed by atoms with E-state index in [0.717, 1.165) is 13.0 Å². The molecule has 0 bridgehead atoms. The van der Waals surface area contributed by atoms with Crippen LogP contribution in [-0.2, 0) is 0 Å². The third kappa shape index (κ3) is 2.20. The number of hydrogen-bond acceptors (Lipinski definition) is 6. The van der Waals surface area contributed by atoms with Crippen molar-refractivity contribution in [3.05, 3.63) is 28.3 Å². The Hall–Kier alpha value is -2.15. The molecule has 106 valence electrons. The average molecular weight is 276 g/mol. The summed E-state index contributed by atoms with van der Waals surface area (Å²) in [7, 11) is 0. The minimum atomic E-state index is -0.438. The highest BCUT2D eigenvalue weighted by molar-refractivity contribution is 5.77. The van der Waals surface area contributed by atoms with Crippen LogP contribution in [0.5, 0.6) is 0 Å². The van der Waals surface area contributed by atoms with Gasteiger partial charge < -0.3 is 15.1 Å². The lowest BCUT2D eigenvalue weighted by Gasteiger charge is -2.33. The van der Waals surface area contributed by atoms with Crippen molar-refractivity contribution < 1.29 is 9.34 Å². The summed E-state index contributed by atoms with van der Waals surface area (Å²) in [6.45, 7) is 3.66. The molecule has 0 aliphatic carbocycles. The zero-order chi connectivity index (χ0) is 14.3. The molecule has 1 fully saturated rings. The fraction of sp³-hybridized carbons (Fsp3) is 0.462. The second kappa shape index (κ2) is 4.75. The van der Waals surface area contributed by atoms with Crippen molar-refractivity contribution in [2.75, 3.05) is 18.0 Å². The molecule has 0 saturated carbocycles. The Morgan fingerprint density at radius 3 is 3.05 bits per heavy atom. The van der Waals surface area contributed by atoms with Crippen LogP contribution in [0, 0.1) is 16.0 Å². The molecule has 1 aliphatic heterocycles. The number of benzene rings is 1. The van der Waals surface area contributed by atoms with Crippen LogP contribution >= 0.6 is 0 Å². The van der Waals surface area contributed by atoms with Crippen LogP contribution in [0.1, 0.15) is 13.3 Å². The van der Waals surface area contributed by atoms with Gasteiger partial charge in [0.15, 0.2) is 5.58 Å². The molecule has 1 aromatic carbocycles. The average Bonchev–Trinajstić information content (AvgIpc) is 2.84. The fourth-order valence-corrected chi connectivity index (χ4v) is 2.43. The van der Waals surface area contributed by atoms with Crippen LogP contribution in [0.15, 0.2) is 22.6 Å². The second-order valence-corrected chi connectivity index (χ2v) is 5.28. The van der Waals surface area contributed by atoms with Gasteiger partial charge in [-0.1, -0.05) is 6.92 Å². The molecule has 1 saturated heterocycles. The number of piperidine rings is 1. The summed E-state index contributed by atoms with van der Waals surface area (Å²) in [5.74, 6) is 0.483. The molecule has 20 heavy (non-hydrogen) atoms. The molecule has 7 heteroatoms. The van der Waals surface area contributed by atoms with Crippen LogP contribution in [0.3, 0.4) is 0 Å². The van der Waals surface area contributed by atoms with E-state index in [1.165, 1.54) is 12.1 Å². The number of hydrogen-bond donors (Lipinski definition) is 1.